The van der Waals surface area contributed by atoms with Crippen molar-refractivity contribution in [3.8, 4) is 0 Å². The Balaban J connectivity index is 1.88. The van der Waals surface area contributed by atoms with Crippen LogP contribution in [0.2, 0.25) is 0 Å². The van der Waals surface area contributed by atoms with Crippen LogP contribution < -0.4 is 10.6 Å². The number of alkyl halides is 3. The highest BCUT2D eigenvalue weighted by atomic mass is 19.4. The average molecular weight is 334 g/mol. The van der Waals surface area contributed by atoms with E-state index in [1.54, 1.807) is 0 Å². The number of hydrogen-bond donors (Lipinski definition) is 3. The number of carbonyl (C=O) groups excluding carboxylic acids is 2. The zero-order chi connectivity index (χ0) is 17.3. The van der Waals surface area contributed by atoms with Gasteiger partial charge in [-0.2, -0.15) is 18.3 Å². The maximum absolute atomic E-state index is 12.8. The van der Waals surface area contributed by atoms with Crippen LogP contribution >= 0.6 is 0 Å². The number of amides is 2. The SMILES string of the molecule is Cn1cc(C(=O)NCC(=O)NCC2(O)CCC2)c(C(F)(F)F)n1. The molecule has 0 aliphatic heterocycles. The predicted molar refractivity (Wildman–Crippen MR) is 72.4 cm³/mol. The molecule has 0 saturated heterocycles. The van der Waals surface area contributed by atoms with Gasteiger partial charge in [0.1, 0.15) is 0 Å². The first-order chi connectivity index (χ1) is 10.6. The summed E-state index contributed by atoms with van der Waals surface area (Å²) in [4.78, 5) is 23.4. The Labute approximate surface area is 129 Å². The van der Waals surface area contributed by atoms with Crippen LogP contribution in [0.1, 0.15) is 35.3 Å². The first-order valence-corrected chi connectivity index (χ1v) is 6.99. The summed E-state index contributed by atoms with van der Waals surface area (Å²) >= 11 is 0. The molecule has 128 valence electrons. The number of aromatic nitrogens is 2. The Hall–Kier alpha value is -2.10. The smallest absolute Gasteiger partial charge is 0.388 e. The number of nitrogens with one attached hydrogen (secondary N) is 2. The molecule has 7 nitrogen and oxygen atoms in total. The summed E-state index contributed by atoms with van der Waals surface area (Å²) in [5, 5.41) is 17.6. The molecule has 1 saturated carbocycles. The summed E-state index contributed by atoms with van der Waals surface area (Å²) in [7, 11) is 1.26. The third-order valence-corrected chi connectivity index (χ3v) is 3.65. The molecule has 10 heteroatoms. The van der Waals surface area contributed by atoms with Crippen molar-refractivity contribution in [3.05, 3.63) is 17.5 Å². The normalized spacial score (nSPS) is 16.6. The molecule has 0 unspecified atom stereocenters. The summed E-state index contributed by atoms with van der Waals surface area (Å²) in [5.41, 5.74) is -2.86. The number of carbonyl (C=O) groups is 2. The van der Waals surface area contributed by atoms with Gasteiger partial charge >= 0.3 is 6.18 Å². The van der Waals surface area contributed by atoms with Crippen LogP contribution in [0.3, 0.4) is 0 Å². The van der Waals surface area contributed by atoms with E-state index < -0.39 is 41.4 Å². The van der Waals surface area contributed by atoms with E-state index in [9.17, 15) is 27.9 Å². The summed E-state index contributed by atoms with van der Waals surface area (Å²) in [6, 6.07) is 0. The van der Waals surface area contributed by atoms with Crippen LogP contribution in [0.15, 0.2) is 6.20 Å². The van der Waals surface area contributed by atoms with Crippen LogP contribution in [-0.2, 0) is 18.0 Å². The highest BCUT2D eigenvalue weighted by molar-refractivity contribution is 5.97. The Morgan fingerprint density at radius 2 is 2.04 bits per heavy atom. The minimum Gasteiger partial charge on any atom is -0.388 e. The second-order valence-corrected chi connectivity index (χ2v) is 5.60. The minimum atomic E-state index is -4.76. The molecule has 23 heavy (non-hydrogen) atoms. The fourth-order valence-electron chi connectivity index (χ4n) is 2.21. The van der Waals surface area contributed by atoms with Gasteiger partial charge in [-0.1, -0.05) is 0 Å². The number of nitrogens with zero attached hydrogens (tertiary/aromatic N) is 2. The molecular weight excluding hydrogens is 317 g/mol. The first-order valence-electron chi connectivity index (χ1n) is 6.99. The fourth-order valence-corrected chi connectivity index (χ4v) is 2.21. The van der Waals surface area contributed by atoms with Gasteiger partial charge in [-0.15, -0.1) is 0 Å². The van der Waals surface area contributed by atoms with Crippen molar-refractivity contribution >= 4 is 11.8 Å². The van der Waals surface area contributed by atoms with Crippen LogP contribution in [0.25, 0.3) is 0 Å². The van der Waals surface area contributed by atoms with Crippen molar-refractivity contribution in [2.45, 2.75) is 31.0 Å². The summed E-state index contributed by atoms with van der Waals surface area (Å²) in [6.07, 6.45) is -1.77. The molecule has 0 bridgehead atoms. The molecule has 2 rings (SSSR count). The third-order valence-electron chi connectivity index (χ3n) is 3.65. The fraction of sp³-hybridized carbons (Fsp3) is 0.615. The van der Waals surface area contributed by atoms with E-state index in [0.29, 0.717) is 12.8 Å². The van der Waals surface area contributed by atoms with Crippen LogP contribution in [0.5, 0.6) is 0 Å². The Bertz CT molecular complexity index is 608. The van der Waals surface area contributed by atoms with Gasteiger partial charge in [-0.3, -0.25) is 14.3 Å². The second kappa shape index (κ2) is 6.19. The van der Waals surface area contributed by atoms with E-state index in [-0.39, 0.29) is 6.54 Å². The summed E-state index contributed by atoms with van der Waals surface area (Å²) in [6.45, 7) is -0.427. The largest absolute Gasteiger partial charge is 0.435 e. The molecule has 0 aromatic carbocycles. The third kappa shape index (κ3) is 4.21. The highest BCUT2D eigenvalue weighted by Gasteiger charge is 2.39. The zero-order valence-electron chi connectivity index (χ0n) is 12.4. The molecule has 1 fully saturated rings. The molecule has 0 radical (unpaired) electrons. The minimum absolute atomic E-state index is 0.0579. The van der Waals surface area contributed by atoms with Gasteiger partial charge in [0.25, 0.3) is 5.91 Å². The molecule has 0 atom stereocenters. The zero-order valence-corrected chi connectivity index (χ0v) is 12.4. The topological polar surface area (TPSA) is 96.2 Å². The van der Waals surface area contributed by atoms with Crippen LogP contribution in [0, 0.1) is 0 Å². The van der Waals surface area contributed by atoms with Crippen molar-refractivity contribution in [1.82, 2.24) is 20.4 Å². The van der Waals surface area contributed by atoms with Gasteiger partial charge in [-0.05, 0) is 19.3 Å². The van der Waals surface area contributed by atoms with Crippen molar-refractivity contribution in [2.75, 3.05) is 13.1 Å². The lowest BCUT2D eigenvalue weighted by Gasteiger charge is -2.36. The Morgan fingerprint density at radius 3 is 2.57 bits per heavy atom. The maximum atomic E-state index is 12.8. The lowest BCUT2D eigenvalue weighted by Crippen LogP contribution is -2.49. The molecule has 1 aliphatic carbocycles. The van der Waals surface area contributed by atoms with Gasteiger partial charge in [0.05, 0.1) is 17.7 Å². The van der Waals surface area contributed by atoms with Crippen LogP contribution in [-0.4, -0.2) is 45.4 Å². The number of halogens is 3. The monoisotopic (exact) mass is 334 g/mol. The first kappa shape index (κ1) is 17.3. The van der Waals surface area contributed by atoms with Gasteiger partial charge in [0, 0.05) is 19.8 Å². The summed E-state index contributed by atoms with van der Waals surface area (Å²) in [5.74, 6) is -1.63. The molecule has 2 amide bonds. The van der Waals surface area contributed by atoms with E-state index in [2.05, 4.69) is 15.7 Å². The van der Waals surface area contributed by atoms with Crippen molar-refractivity contribution < 1.29 is 27.9 Å². The second-order valence-electron chi connectivity index (χ2n) is 5.60. The van der Waals surface area contributed by atoms with Gasteiger partial charge in [-0.25, -0.2) is 0 Å². The molecule has 1 aromatic rings. The molecule has 0 spiro atoms. The predicted octanol–water partition coefficient (Wildman–Crippen LogP) is 0.200. The van der Waals surface area contributed by atoms with Crippen molar-refractivity contribution in [2.24, 2.45) is 7.05 Å². The number of hydrogen-bond acceptors (Lipinski definition) is 4. The lowest BCUT2D eigenvalue weighted by molar-refractivity contribution is -0.141. The number of aryl methyl sites for hydroxylation is 1. The van der Waals surface area contributed by atoms with Gasteiger partial charge in [0.15, 0.2) is 5.69 Å². The highest BCUT2D eigenvalue weighted by Crippen LogP contribution is 2.31. The average Bonchev–Trinajstić information content (AvgIpc) is 2.82. The quantitative estimate of drug-likeness (QED) is 0.717. The van der Waals surface area contributed by atoms with Crippen molar-refractivity contribution in [3.63, 3.8) is 0 Å². The van der Waals surface area contributed by atoms with E-state index in [1.807, 2.05) is 0 Å². The summed E-state index contributed by atoms with van der Waals surface area (Å²) < 4.78 is 39.1. The number of aliphatic hydroxyl groups is 1. The van der Waals surface area contributed by atoms with Crippen LogP contribution in [0.4, 0.5) is 13.2 Å². The van der Waals surface area contributed by atoms with Gasteiger partial charge in [0.2, 0.25) is 5.91 Å². The Morgan fingerprint density at radius 1 is 1.39 bits per heavy atom. The molecule has 1 aliphatic rings. The Kier molecular flexibility index (Phi) is 4.64. The standard InChI is InChI=1S/C13H17F3N4O3/c1-20-6-8(10(19-20)13(14,15)16)11(22)17-5-9(21)18-7-12(23)3-2-4-12/h6,23H,2-5,7H2,1H3,(H,17,22)(H,18,21). The molecule has 3 N–H and O–H groups in total. The van der Waals surface area contributed by atoms with E-state index >= 15 is 0 Å². The molecular formula is C13H17F3N4O3. The molecule has 1 heterocycles. The maximum Gasteiger partial charge on any atom is 0.435 e. The van der Waals surface area contributed by atoms with Gasteiger partial charge < -0.3 is 15.7 Å². The lowest BCUT2D eigenvalue weighted by atomic mass is 9.80. The number of rotatable bonds is 5. The van der Waals surface area contributed by atoms with E-state index in [1.165, 1.54) is 7.05 Å². The van der Waals surface area contributed by atoms with E-state index in [4.69, 9.17) is 0 Å². The van der Waals surface area contributed by atoms with E-state index in [0.717, 1.165) is 17.3 Å². The molecule has 1 aromatic heterocycles. The van der Waals surface area contributed by atoms with Crippen molar-refractivity contribution in [1.29, 1.82) is 0 Å².